The van der Waals surface area contributed by atoms with Crippen LogP contribution in [0.5, 0.6) is 5.75 Å². The fraction of sp³-hybridized carbons (Fsp3) is 0.517. The number of benzene rings is 2. The summed E-state index contributed by atoms with van der Waals surface area (Å²) >= 11 is 0. The van der Waals surface area contributed by atoms with E-state index in [0.717, 1.165) is 47.4 Å². The Hall–Kier alpha value is -3.07. The van der Waals surface area contributed by atoms with Crippen molar-refractivity contribution in [1.29, 1.82) is 0 Å². The number of ether oxygens (including phenoxy) is 1. The van der Waals surface area contributed by atoms with Gasteiger partial charge in [0.05, 0.1) is 19.1 Å². The van der Waals surface area contributed by atoms with Crippen LogP contribution in [0.15, 0.2) is 48.5 Å². The Balaban J connectivity index is 1.91. The van der Waals surface area contributed by atoms with E-state index in [9.17, 15) is 18.0 Å². The highest BCUT2D eigenvalue weighted by molar-refractivity contribution is 7.92. The van der Waals surface area contributed by atoms with Gasteiger partial charge in [0.1, 0.15) is 18.3 Å². The van der Waals surface area contributed by atoms with Crippen LogP contribution in [-0.4, -0.2) is 63.7 Å². The van der Waals surface area contributed by atoms with E-state index in [1.165, 1.54) is 13.5 Å². The third kappa shape index (κ3) is 7.96. The summed E-state index contributed by atoms with van der Waals surface area (Å²) in [6, 6.07) is 14.4. The van der Waals surface area contributed by atoms with Crippen molar-refractivity contribution in [3.8, 4) is 5.75 Å². The number of nitrogens with one attached hydrogen (secondary N) is 1. The molecule has 0 heterocycles. The molecule has 0 radical (unpaired) electrons. The molecule has 208 valence electrons. The van der Waals surface area contributed by atoms with E-state index in [1.807, 2.05) is 50.2 Å². The van der Waals surface area contributed by atoms with Crippen molar-refractivity contribution in [2.75, 3.05) is 30.8 Å². The third-order valence-corrected chi connectivity index (χ3v) is 8.23. The molecule has 0 aliphatic heterocycles. The van der Waals surface area contributed by atoms with E-state index in [4.69, 9.17) is 4.74 Å². The molecule has 3 rings (SSSR count). The van der Waals surface area contributed by atoms with Crippen LogP contribution >= 0.6 is 0 Å². The molecule has 0 aromatic heterocycles. The molecular formula is C29H41N3O5S. The molecule has 0 spiro atoms. The summed E-state index contributed by atoms with van der Waals surface area (Å²) in [7, 11) is -2.37. The SMILES string of the molecule is CC[C@@H](C(=O)NC1CCCCC1)N(CCc1ccccc1)C(=O)CN(c1cc(C)ccc1OC)S(C)(=O)=O. The lowest BCUT2D eigenvalue weighted by atomic mass is 9.95. The van der Waals surface area contributed by atoms with Gasteiger partial charge >= 0.3 is 0 Å². The lowest BCUT2D eigenvalue weighted by molar-refractivity contribution is -0.140. The van der Waals surface area contributed by atoms with E-state index in [2.05, 4.69) is 5.32 Å². The lowest BCUT2D eigenvalue weighted by Gasteiger charge is -2.34. The fourth-order valence-corrected chi connectivity index (χ4v) is 5.87. The number of hydrogen-bond donors (Lipinski definition) is 1. The number of rotatable bonds is 12. The Morgan fingerprint density at radius 2 is 1.76 bits per heavy atom. The average molecular weight is 544 g/mol. The molecule has 1 N–H and O–H groups in total. The largest absolute Gasteiger partial charge is 0.495 e. The van der Waals surface area contributed by atoms with Gasteiger partial charge in [-0.05, 0) is 55.9 Å². The molecule has 38 heavy (non-hydrogen) atoms. The van der Waals surface area contributed by atoms with Crippen molar-refractivity contribution >= 4 is 27.5 Å². The van der Waals surface area contributed by atoms with Crippen molar-refractivity contribution in [2.45, 2.75) is 70.9 Å². The van der Waals surface area contributed by atoms with Gasteiger partial charge in [0, 0.05) is 12.6 Å². The molecule has 1 saturated carbocycles. The normalized spacial score (nSPS) is 14.9. The molecule has 0 bridgehead atoms. The molecule has 9 heteroatoms. The molecule has 1 atom stereocenters. The summed E-state index contributed by atoms with van der Waals surface area (Å²) in [6.07, 6.45) is 7.26. The highest BCUT2D eigenvalue weighted by atomic mass is 32.2. The van der Waals surface area contributed by atoms with Gasteiger partial charge in [-0.1, -0.05) is 62.6 Å². The second-order valence-electron chi connectivity index (χ2n) is 10.0. The minimum atomic E-state index is -3.83. The monoisotopic (exact) mass is 543 g/mol. The van der Waals surface area contributed by atoms with Gasteiger partial charge in [0.15, 0.2) is 0 Å². The minimum Gasteiger partial charge on any atom is -0.495 e. The molecule has 2 aromatic carbocycles. The first-order valence-electron chi connectivity index (χ1n) is 13.4. The van der Waals surface area contributed by atoms with Crippen LogP contribution in [0.4, 0.5) is 5.69 Å². The van der Waals surface area contributed by atoms with Crippen LogP contribution in [0.1, 0.15) is 56.6 Å². The Labute approximate surface area is 227 Å². The van der Waals surface area contributed by atoms with Crippen LogP contribution in [0.25, 0.3) is 0 Å². The number of methoxy groups -OCH3 is 1. The number of hydrogen-bond acceptors (Lipinski definition) is 5. The van der Waals surface area contributed by atoms with Gasteiger partial charge in [-0.2, -0.15) is 0 Å². The van der Waals surface area contributed by atoms with E-state index in [0.29, 0.717) is 30.8 Å². The second kappa shape index (κ2) is 13.6. The van der Waals surface area contributed by atoms with Crippen molar-refractivity contribution in [3.05, 3.63) is 59.7 Å². The Kier molecular flexibility index (Phi) is 10.6. The van der Waals surface area contributed by atoms with E-state index in [-0.39, 0.29) is 11.9 Å². The van der Waals surface area contributed by atoms with Gasteiger partial charge < -0.3 is 15.0 Å². The predicted octanol–water partition coefficient (Wildman–Crippen LogP) is 4.07. The zero-order valence-corrected chi connectivity index (χ0v) is 23.8. The van der Waals surface area contributed by atoms with Crippen molar-refractivity contribution in [2.24, 2.45) is 0 Å². The summed E-state index contributed by atoms with van der Waals surface area (Å²) in [4.78, 5) is 28.9. The van der Waals surface area contributed by atoms with Gasteiger partial charge in [-0.15, -0.1) is 0 Å². The van der Waals surface area contributed by atoms with E-state index >= 15 is 0 Å². The first-order valence-corrected chi connectivity index (χ1v) is 15.2. The first-order chi connectivity index (χ1) is 18.1. The Morgan fingerprint density at radius 3 is 2.37 bits per heavy atom. The van der Waals surface area contributed by atoms with E-state index < -0.39 is 28.5 Å². The van der Waals surface area contributed by atoms with Crippen LogP contribution in [0.3, 0.4) is 0 Å². The number of amides is 2. The van der Waals surface area contributed by atoms with Crippen LogP contribution in [0, 0.1) is 6.92 Å². The summed E-state index contributed by atoms with van der Waals surface area (Å²) in [5, 5.41) is 3.16. The summed E-state index contributed by atoms with van der Waals surface area (Å²) in [6.45, 7) is 3.59. The van der Waals surface area contributed by atoms with Crippen molar-refractivity contribution in [1.82, 2.24) is 10.2 Å². The molecule has 1 aliphatic carbocycles. The maximum Gasteiger partial charge on any atom is 0.244 e. The average Bonchev–Trinajstić information content (AvgIpc) is 2.90. The van der Waals surface area contributed by atoms with Gasteiger partial charge in [-0.3, -0.25) is 13.9 Å². The van der Waals surface area contributed by atoms with Crippen LogP contribution < -0.4 is 14.4 Å². The Morgan fingerprint density at radius 1 is 1.08 bits per heavy atom. The molecule has 1 fully saturated rings. The number of aryl methyl sites for hydroxylation is 1. The standard InChI is InChI=1S/C29H41N3O5S/c1-5-25(29(34)30-24-14-10-7-11-15-24)31(19-18-23-12-8-6-9-13-23)28(33)21-32(38(4,35)36)26-20-22(2)16-17-27(26)37-3/h6,8-9,12-13,16-17,20,24-25H,5,7,10-11,14-15,18-19,21H2,1-4H3,(H,30,34)/t25-/m0/s1. The number of nitrogens with zero attached hydrogens (tertiary/aromatic N) is 2. The van der Waals surface area contributed by atoms with E-state index in [1.54, 1.807) is 17.0 Å². The summed E-state index contributed by atoms with van der Waals surface area (Å²) in [5.41, 5.74) is 2.17. The zero-order valence-electron chi connectivity index (χ0n) is 23.0. The van der Waals surface area contributed by atoms with Crippen molar-refractivity contribution in [3.63, 3.8) is 0 Å². The fourth-order valence-electron chi connectivity index (χ4n) is 5.03. The number of sulfonamides is 1. The zero-order chi connectivity index (χ0) is 27.7. The molecule has 8 nitrogen and oxygen atoms in total. The maximum atomic E-state index is 13.9. The summed E-state index contributed by atoms with van der Waals surface area (Å²) < 4.78 is 32.3. The predicted molar refractivity (Wildman–Crippen MR) is 151 cm³/mol. The van der Waals surface area contributed by atoms with Gasteiger partial charge in [0.2, 0.25) is 21.8 Å². The minimum absolute atomic E-state index is 0.112. The first kappa shape index (κ1) is 29.5. The lowest BCUT2D eigenvalue weighted by Crippen LogP contribution is -2.54. The molecular weight excluding hydrogens is 502 g/mol. The quantitative estimate of drug-likeness (QED) is 0.435. The molecule has 1 aliphatic rings. The highest BCUT2D eigenvalue weighted by Gasteiger charge is 2.33. The topological polar surface area (TPSA) is 96.0 Å². The highest BCUT2D eigenvalue weighted by Crippen LogP contribution is 2.31. The van der Waals surface area contributed by atoms with Gasteiger partial charge in [0.25, 0.3) is 0 Å². The number of anilines is 1. The molecule has 2 aromatic rings. The van der Waals surface area contributed by atoms with Crippen molar-refractivity contribution < 1.29 is 22.7 Å². The molecule has 0 saturated heterocycles. The smallest absolute Gasteiger partial charge is 0.244 e. The third-order valence-electron chi connectivity index (χ3n) is 7.10. The molecule has 0 unspecified atom stereocenters. The van der Waals surface area contributed by atoms with Gasteiger partial charge in [-0.25, -0.2) is 8.42 Å². The number of carbonyl (C=O) groups is 2. The molecule has 2 amide bonds. The summed E-state index contributed by atoms with van der Waals surface area (Å²) in [5.74, 6) is -0.257. The van der Waals surface area contributed by atoms with Crippen LogP contribution in [0.2, 0.25) is 0 Å². The second-order valence-corrected chi connectivity index (χ2v) is 11.9. The number of carbonyl (C=O) groups excluding carboxylic acids is 2. The van der Waals surface area contributed by atoms with Crippen LogP contribution in [-0.2, 0) is 26.0 Å². The maximum absolute atomic E-state index is 13.9. The Bertz CT molecular complexity index is 1180.